The molecule has 1 N–H and O–H groups in total. The highest BCUT2D eigenvalue weighted by atomic mass is 16.4. The molecule has 0 spiro atoms. The van der Waals surface area contributed by atoms with Crippen LogP contribution in [0.1, 0.15) is 34.1 Å². The first-order chi connectivity index (χ1) is 11.0. The third-order valence-electron chi connectivity index (χ3n) is 4.48. The maximum absolute atomic E-state index is 12.7. The molecule has 0 saturated carbocycles. The predicted octanol–water partition coefficient (Wildman–Crippen LogP) is 3.22. The largest absolute Gasteiger partial charge is 0.478 e. The van der Waals surface area contributed by atoms with E-state index in [4.69, 9.17) is 5.11 Å². The van der Waals surface area contributed by atoms with Crippen LogP contribution in [-0.4, -0.2) is 22.6 Å². The predicted molar refractivity (Wildman–Crippen MR) is 85.3 cm³/mol. The summed E-state index contributed by atoms with van der Waals surface area (Å²) in [6.07, 6.45) is 8.15. The second-order valence-corrected chi connectivity index (χ2v) is 5.84. The third-order valence-corrected chi connectivity index (χ3v) is 4.48. The molecule has 0 heterocycles. The Labute approximate surface area is 133 Å². The van der Waals surface area contributed by atoms with Gasteiger partial charge in [-0.1, -0.05) is 36.4 Å². The van der Waals surface area contributed by atoms with E-state index in [0.29, 0.717) is 23.1 Å². The summed E-state index contributed by atoms with van der Waals surface area (Å²) in [7, 11) is 0. The average molecular weight is 308 g/mol. The molecule has 0 radical (unpaired) electrons. The molecule has 23 heavy (non-hydrogen) atoms. The van der Waals surface area contributed by atoms with Crippen molar-refractivity contribution in [3.8, 4) is 0 Å². The smallest absolute Gasteiger partial charge is 0.335 e. The fourth-order valence-corrected chi connectivity index (χ4v) is 3.12. The number of hydrogen-bond donors (Lipinski definition) is 1. The SMILES string of the molecule is CC1=C(C(=O)c2ccc(C(=O)O)cc2)CC2C=CC=CC2C1=O. The van der Waals surface area contributed by atoms with Crippen molar-refractivity contribution in [3.63, 3.8) is 0 Å². The van der Waals surface area contributed by atoms with Gasteiger partial charge in [-0.15, -0.1) is 0 Å². The number of carbonyl (C=O) groups is 3. The summed E-state index contributed by atoms with van der Waals surface area (Å²) < 4.78 is 0. The molecule has 4 heteroatoms. The fraction of sp³-hybridized carbons (Fsp3) is 0.211. The van der Waals surface area contributed by atoms with Gasteiger partial charge in [0.05, 0.1) is 5.56 Å². The molecular weight excluding hydrogens is 292 g/mol. The standard InChI is InChI=1S/C19H16O4/c1-11-16(10-14-4-2-3-5-15(14)17(11)20)18(21)12-6-8-13(9-7-12)19(22)23/h2-9,14-15H,10H2,1H3,(H,22,23). The van der Waals surface area contributed by atoms with Gasteiger partial charge < -0.3 is 5.11 Å². The molecule has 0 aromatic heterocycles. The molecule has 4 nitrogen and oxygen atoms in total. The van der Waals surface area contributed by atoms with Crippen molar-refractivity contribution in [1.29, 1.82) is 0 Å². The second-order valence-electron chi connectivity index (χ2n) is 5.84. The van der Waals surface area contributed by atoms with Crippen LogP contribution in [-0.2, 0) is 4.79 Å². The number of carbonyl (C=O) groups excluding carboxylic acids is 2. The zero-order chi connectivity index (χ0) is 16.6. The molecule has 0 bridgehead atoms. The van der Waals surface area contributed by atoms with E-state index < -0.39 is 5.97 Å². The number of allylic oxidation sites excluding steroid dienone is 6. The summed E-state index contributed by atoms with van der Waals surface area (Å²) in [4.78, 5) is 36.1. The van der Waals surface area contributed by atoms with E-state index in [1.807, 2.05) is 24.3 Å². The number of Topliss-reactive ketones (excluding diaryl/α,β-unsaturated/α-hetero) is 2. The molecule has 3 rings (SSSR count). The lowest BCUT2D eigenvalue weighted by Gasteiger charge is -2.30. The van der Waals surface area contributed by atoms with Gasteiger partial charge in [0.15, 0.2) is 11.6 Å². The van der Waals surface area contributed by atoms with Gasteiger partial charge in [-0.25, -0.2) is 4.79 Å². The average Bonchev–Trinajstić information content (AvgIpc) is 2.57. The number of rotatable bonds is 3. The van der Waals surface area contributed by atoms with Gasteiger partial charge in [0, 0.05) is 17.1 Å². The van der Waals surface area contributed by atoms with Gasteiger partial charge in [0.1, 0.15) is 0 Å². The van der Waals surface area contributed by atoms with Crippen LogP contribution in [0.3, 0.4) is 0 Å². The van der Waals surface area contributed by atoms with Gasteiger partial charge in [0.2, 0.25) is 0 Å². The van der Waals surface area contributed by atoms with E-state index in [0.717, 1.165) is 0 Å². The minimum absolute atomic E-state index is 0.00708. The van der Waals surface area contributed by atoms with E-state index in [-0.39, 0.29) is 29.0 Å². The molecule has 0 fully saturated rings. The first-order valence-electron chi connectivity index (χ1n) is 7.46. The zero-order valence-electron chi connectivity index (χ0n) is 12.7. The minimum atomic E-state index is -1.03. The fourth-order valence-electron chi connectivity index (χ4n) is 3.12. The first-order valence-corrected chi connectivity index (χ1v) is 7.46. The minimum Gasteiger partial charge on any atom is -0.478 e. The molecule has 1 aromatic carbocycles. The van der Waals surface area contributed by atoms with Gasteiger partial charge in [0.25, 0.3) is 0 Å². The van der Waals surface area contributed by atoms with E-state index in [1.165, 1.54) is 24.3 Å². The number of carboxylic acids is 1. The number of benzene rings is 1. The Balaban J connectivity index is 1.93. The van der Waals surface area contributed by atoms with Crippen molar-refractivity contribution >= 4 is 17.5 Å². The summed E-state index contributed by atoms with van der Waals surface area (Å²) in [6.45, 7) is 1.70. The number of ketones is 2. The van der Waals surface area contributed by atoms with Crippen molar-refractivity contribution in [2.45, 2.75) is 13.3 Å². The molecule has 116 valence electrons. The quantitative estimate of drug-likeness (QED) is 0.870. The van der Waals surface area contributed by atoms with Gasteiger partial charge in [-0.2, -0.15) is 0 Å². The molecule has 0 saturated heterocycles. The van der Waals surface area contributed by atoms with Crippen molar-refractivity contribution in [3.05, 3.63) is 70.8 Å². The molecule has 2 unspecified atom stereocenters. The van der Waals surface area contributed by atoms with Crippen LogP contribution < -0.4 is 0 Å². The Bertz CT molecular complexity index is 778. The van der Waals surface area contributed by atoms with Crippen LogP contribution in [0.4, 0.5) is 0 Å². The lowest BCUT2D eigenvalue weighted by atomic mass is 9.72. The Hall–Kier alpha value is -2.75. The van der Waals surface area contributed by atoms with Gasteiger partial charge in [-0.3, -0.25) is 9.59 Å². The van der Waals surface area contributed by atoms with Crippen LogP contribution in [0, 0.1) is 11.8 Å². The molecule has 2 aliphatic carbocycles. The lowest BCUT2D eigenvalue weighted by Crippen LogP contribution is -2.31. The number of hydrogen-bond acceptors (Lipinski definition) is 3. The Morgan fingerprint density at radius 1 is 1.04 bits per heavy atom. The monoisotopic (exact) mass is 308 g/mol. The van der Waals surface area contributed by atoms with E-state index in [1.54, 1.807) is 6.92 Å². The number of aromatic carboxylic acids is 1. The maximum Gasteiger partial charge on any atom is 0.335 e. The summed E-state index contributed by atoms with van der Waals surface area (Å²) in [5, 5.41) is 8.92. The third kappa shape index (κ3) is 2.68. The Morgan fingerprint density at radius 2 is 1.65 bits per heavy atom. The maximum atomic E-state index is 12.7. The molecule has 0 amide bonds. The van der Waals surface area contributed by atoms with Crippen LogP contribution >= 0.6 is 0 Å². The molecular formula is C19H16O4. The van der Waals surface area contributed by atoms with E-state index in [2.05, 4.69) is 0 Å². The second kappa shape index (κ2) is 5.80. The molecule has 2 aliphatic rings. The van der Waals surface area contributed by atoms with Crippen molar-refractivity contribution in [2.24, 2.45) is 11.8 Å². The summed E-state index contributed by atoms with van der Waals surface area (Å²) in [6, 6.07) is 5.81. The molecule has 1 aromatic rings. The van der Waals surface area contributed by atoms with E-state index in [9.17, 15) is 14.4 Å². The highest BCUT2D eigenvalue weighted by Gasteiger charge is 2.35. The van der Waals surface area contributed by atoms with Crippen molar-refractivity contribution in [1.82, 2.24) is 0 Å². The van der Waals surface area contributed by atoms with Crippen molar-refractivity contribution in [2.75, 3.05) is 0 Å². The summed E-state index contributed by atoms with van der Waals surface area (Å²) in [5.41, 5.74) is 1.58. The number of fused-ring (bicyclic) bond motifs is 1. The van der Waals surface area contributed by atoms with Crippen LogP contribution in [0.5, 0.6) is 0 Å². The summed E-state index contributed by atoms with van der Waals surface area (Å²) >= 11 is 0. The van der Waals surface area contributed by atoms with Crippen LogP contribution in [0.15, 0.2) is 59.7 Å². The zero-order valence-corrected chi connectivity index (χ0v) is 12.7. The van der Waals surface area contributed by atoms with Gasteiger partial charge >= 0.3 is 5.97 Å². The van der Waals surface area contributed by atoms with Crippen LogP contribution in [0.2, 0.25) is 0 Å². The molecule has 2 atom stereocenters. The summed E-state index contributed by atoms with van der Waals surface area (Å²) in [5.74, 6) is -1.39. The van der Waals surface area contributed by atoms with Crippen LogP contribution in [0.25, 0.3) is 0 Å². The lowest BCUT2D eigenvalue weighted by molar-refractivity contribution is -0.119. The Morgan fingerprint density at radius 3 is 2.30 bits per heavy atom. The first kappa shape index (κ1) is 15.2. The Kier molecular flexibility index (Phi) is 3.82. The highest BCUT2D eigenvalue weighted by Crippen LogP contribution is 2.36. The van der Waals surface area contributed by atoms with Crippen molar-refractivity contribution < 1.29 is 19.5 Å². The van der Waals surface area contributed by atoms with E-state index >= 15 is 0 Å². The number of carboxylic acid groups (broad SMARTS) is 1. The normalized spacial score (nSPS) is 22.9. The topological polar surface area (TPSA) is 71.4 Å². The highest BCUT2D eigenvalue weighted by molar-refractivity contribution is 6.15. The van der Waals surface area contributed by atoms with Gasteiger partial charge in [-0.05, 0) is 37.0 Å². The molecule has 0 aliphatic heterocycles.